The molecule has 8 nitrogen and oxygen atoms in total. The van der Waals surface area contributed by atoms with Gasteiger partial charge in [0.25, 0.3) is 17.1 Å². The van der Waals surface area contributed by atoms with Crippen molar-refractivity contribution in [2.45, 2.75) is 0 Å². The molecule has 5 rings (SSSR count). The van der Waals surface area contributed by atoms with Gasteiger partial charge >= 0.3 is 0 Å². The Morgan fingerprint density at radius 1 is 0.565 bits per heavy atom. The minimum absolute atomic E-state index is 0.00197. The quantitative estimate of drug-likeness (QED) is 0.167. The third-order valence-corrected chi connectivity index (χ3v) is 7.20. The summed E-state index contributed by atoms with van der Waals surface area (Å²) in [5.41, 5.74) is -4.98. The molecule has 0 fully saturated rings. The summed E-state index contributed by atoms with van der Waals surface area (Å²) >= 11 is 0. The van der Waals surface area contributed by atoms with Crippen molar-refractivity contribution >= 4 is 39.2 Å². The second kappa shape index (κ2) is 11.2. The minimum Gasteiger partial charge on any atom is -0.237 e. The lowest BCUT2D eigenvalue weighted by Gasteiger charge is -2.13. The fraction of sp³-hybridized carbons (Fsp3) is 0. The number of nitrogens with zero attached hydrogens (tertiary/aromatic N) is 8. The molecule has 12 heteroatoms. The molecule has 0 aliphatic heterocycles. The van der Waals surface area contributed by atoms with E-state index in [0.29, 0.717) is 0 Å². The van der Waals surface area contributed by atoms with E-state index in [4.69, 9.17) is 31.6 Å². The number of fused-ring (bicyclic) bond motifs is 2. The van der Waals surface area contributed by atoms with Crippen molar-refractivity contribution in [2.75, 3.05) is 0 Å². The molecule has 0 atom stereocenters. The molecule has 0 bridgehead atoms. The summed E-state index contributed by atoms with van der Waals surface area (Å²) in [6.45, 7) is 30.2. The van der Waals surface area contributed by atoms with Crippen LogP contribution in [0.1, 0.15) is 38.9 Å². The highest BCUT2D eigenvalue weighted by molar-refractivity contribution is 6.29. The number of benzene rings is 3. The van der Waals surface area contributed by atoms with Crippen LogP contribution in [0.25, 0.3) is 52.9 Å². The average molecular weight is 602 g/mol. The Hall–Kier alpha value is -7.74. The van der Waals surface area contributed by atoms with Crippen LogP contribution in [0.3, 0.4) is 0 Å². The highest BCUT2D eigenvalue weighted by Gasteiger charge is 2.37. The summed E-state index contributed by atoms with van der Waals surface area (Å²) in [4.78, 5) is 12.8. The number of hydrogen-bond acceptors (Lipinski definition) is 4. The predicted molar refractivity (Wildman–Crippen MR) is 154 cm³/mol. The second-order valence-electron chi connectivity index (χ2n) is 9.36. The van der Waals surface area contributed by atoms with Crippen molar-refractivity contribution in [1.29, 1.82) is 21.0 Å². The predicted octanol–water partition coefficient (Wildman–Crippen LogP) is 8.22. The van der Waals surface area contributed by atoms with E-state index in [2.05, 4.69) is 19.4 Å². The molecule has 0 unspecified atom stereocenters. The largest absolute Gasteiger partial charge is 0.270 e. The van der Waals surface area contributed by atoms with E-state index in [1.54, 1.807) is 12.1 Å². The number of allylic oxidation sites excluding steroid dienone is 7. The van der Waals surface area contributed by atoms with Crippen LogP contribution in [-0.4, -0.2) is 0 Å². The molecule has 46 heavy (non-hydrogen) atoms. The van der Waals surface area contributed by atoms with Gasteiger partial charge in [-0.3, -0.25) is 0 Å². The molecule has 210 valence electrons. The Morgan fingerprint density at radius 2 is 1.04 bits per heavy atom. The van der Waals surface area contributed by atoms with E-state index in [1.165, 1.54) is 18.2 Å². The maximum atomic E-state index is 14.8. The number of halogens is 4. The fourth-order valence-corrected chi connectivity index (χ4v) is 5.41. The molecule has 0 saturated carbocycles. The fourth-order valence-electron chi connectivity index (χ4n) is 5.41. The van der Waals surface area contributed by atoms with Gasteiger partial charge in [0.2, 0.25) is 5.70 Å². The van der Waals surface area contributed by atoms with Gasteiger partial charge < -0.3 is 0 Å². The van der Waals surface area contributed by atoms with Gasteiger partial charge in [-0.1, -0.05) is 6.07 Å². The summed E-state index contributed by atoms with van der Waals surface area (Å²) in [5, 5.41) is 39.1. The first-order chi connectivity index (χ1) is 22.1. The van der Waals surface area contributed by atoms with Gasteiger partial charge in [-0.2, -0.15) is 10.5 Å². The molecular weight excluding hydrogens is 596 g/mol. The van der Waals surface area contributed by atoms with Crippen molar-refractivity contribution in [3.63, 3.8) is 0 Å². The zero-order valence-corrected chi connectivity index (χ0v) is 22.6. The third-order valence-electron chi connectivity index (χ3n) is 7.20. The van der Waals surface area contributed by atoms with Crippen molar-refractivity contribution in [1.82, 2.24) is 0 Å². The molecule has 0 aromatic heterocycles. The first-order valence-electron chi connectivity index (χ1n) is 12.4. The van der Waals surface area contributed by atoms with E-state index in [0.717, 1.165) is 24.3 Å². The van der Waals surface area contributed by atoms with Gasteiger partial charge in [-0.05, 0) is 80.4 Å². The van der Waals surface area contributed by atoms with Crippen LogP contribution < -0.4 is 0 Å². The van der Waals surface area contributed by atoms with Crippen molar-refractivity contribution in [2.24, 2.45) is 0 Å². The Bertz CT molecular complexity index is 2250. The lowest BCUT2D eigenvalue weighted by Crippen LogP contribution is -1.97. The topological polar surface area (TPSA) is 113 Å². The Balaban J connectivity index is 1.95. The minimum atomic E-state index is -1.27. The Kier molecular flexibility index (Phi) is 7.21. The summed E-state index contributed by atoms with van der Waals surface area (Å²) in [7, 11) is 0. The SMILES string of the molecule is [C-]#[N+]C1=C(c2cc(F)c([N+]#[C-])c(F)c2)/C(=C(/C#N)[N+]#[C-])c2cc3c(cc21)C(C#N)=C(c1cc(F)c(C#N)c(F)c1)/C3=C(\C#N)[N+]#[C-]. The van der Waals surface area contributed by atoms with E-state index in [9.17, 15) is 33.3 Å². The lowest BCUT2D eigenvalue weighted by atomic mass is 9.90. The summed E-state index contributed by atoms with van der Waals surface area (Å²) in [5.74, 6) is -5.06. The van der Waals surface area contributed by atoms with Crippen molar-refractivity contribution in [3.8, 4) is 24.3 Å². The molecule has 0 amide bonds. The second-order valence-corrected chi connectivity index (χ2v) is 9.36. The van der Waals surface area contributed by atoms with Gasteiger partial charge in [0.15, 0.2) is 0 Å². The highest BCUT2D eigenvalue weighted by atomic mass is 19.1. The maximum Gasteiger partial charge on any atom is 0.270 e. The van der Waals surface area contributed by atoms with Crippen LogP contribution in [0.2, 0.25) is 0 Å². The van der Waals surface area contributed by atoms with Crippen LogP contribution >= 0.6 is 0 Å². The average Bonchev–Trinajstić information content (AvgIpc) is 3.53. The number of hydrogen-bond donors (Lipinski definition) is 0. The van der Waals surface area contributed by atoms with Gasteiger partial charge in [-0.25, -0.2) is 47.5 Å². The third kappa shape index (κ3) is 4.15. The summed E-state index contributed by atoms with van der Waals surface area (Å²) in [6.07, 6.45) is 0. The molecule has 3 aromatic carbocycles. The number of rotatable bonds is 2. The van der Waals surface area contributed by atoms with E-state index >= 15 is 0 Å². The maximum absolute atomic E-state index is 14.8. The van der Waals surface area contributed by atoms with E-state index < -0.39 is 45.9 Å². The van der Waals surface area contributed by atoms with Crippen molar-refractivity contribution in [3.05, 3.63) is 156 Å². The zero-order chi connectivity index (χ0) is 33.4. The van der Waals surface area contributed by atoms with Crippen LogP contribution in [0.15, 0.2) is 47.8 Å². The molecule has 2 aliphatic carbocycles. The van der Waals surface area contributed by atoms with E-state index in [1.807, 2.05) is 6.07 Å². The highest BCUT2D eigenvalue weighted by Crippen LogP contribution is 2.55. The molecule has 0 heterocycles. The molecular formula is C34H6F4N8. The van der Waals surface area contributed by atoms with Gasteiger partial charge in [0, 0.05) is 5.57 Å². The number of nitriles is 4. The van der Waals surface area contributed by atoms with Crippen LogP contribution in [-0.2, 0) is 0 Å². The van der Waals surface area contributed by atoms with Gasteiger partial charge in [0.1, 0.15) is 41.0 Å². The molecule has 0 N–H and O–H groups in total. The molecule has 3 aromatic rings. The van der Waals surface area contributed by atoms with Gasteiger partial charge in [-0.15, -0.1) is 0 Å². The van der Waals surface area contributed by atoms with Crippen molar-refractivity contribution < 1.29 is 17.6 Å². The molecule has 0 radical (unpaired) electrons. The first-order valence-corrected chi connectivity index (χ1v) is 12.4. The van der Waals surface area contributed by atoms with Gasteiger partial charge in [0.05, 0.1) is 44.0 Å². The van der Waals surface area contributed by atoms with E-state index in [-0.39, 0.29) is 66.9 Å². The molecule has 0 saturated heterocycles. The molecule has 2 aliphatic rings. The zero-order valence-electron chi connectivity index (χ0n) is 22.6. The standard InChI is InChI=1S/C34H6F4N8/c1-43-27(13-41)31-18-10-19-20(9-17(18)21(11-39)29(31)15-5-23(35)22(12-40)24(36)6-15)33(45-3)30(32(19)28(14-42)44-2)16-7-25(37)34(46-4)26(38)8-16/h5-10H/b31-27+,32-28-. The monoisotopic (exact) mass is 602 g/mol. The Morgan fingerprint density at radius 3 is 1.50 bits per heavy atom. The molecule has 0 spiro atoms. The first kappa shape index (κ1) is 29.7. The van der Waals surface area contributed by atoms with Crippen LogP contribution in [0.5, 0.6) is 0 Å². The van der Waals surface area contributed by atoms with Crippen LogP contribution in [0.4, 0.5) is 23.2 Å². The lowest BCUT2D eigenvalue weighted by molar-refractivity contribution is 0.576. The van der Waals surface area contributed by atoms with Crippen LogP contribution in [0, 0.1) is 94.9 Å². The summed E-state index contributed by atoms with van der Waals surface area (Å²) in [6, 6.07) is 12.3. The Labute approximate surface area is 257 Å². The normalized spacial score (nSPS) is 14.7. The smallest absolute Gasteiger partial charge is 0.237 e. The summed E-state index contributed by atoms with van der Waals surface area (Å²) < 4.78 is 59.0.